The molecule has 2 aromatic heterocycles. The van der Waals surface area contributed by atoms with Crippen LogP contribution in [-0.2, 0) is 4.74 Å². The minimum absolute atomic E-state index is 0.0513. The molecular formula is C15H13Cl2N5OS. The van der Waals surface area contributed by atoms with Crippen LogP contribution in [0.25, 0.3) is 11.2 Å². The summed E-state index contributed by atoms with van der Waals surface area (Å²) in [6, 6.07) is 5.20. The Morgan fingerprint density at radius 2 is 2.17 bits per heavy atom. The first-order chi connectivity index (χ1) is 11.6. The summed E-state index contributed by atoms with van der Waals surface area (Å²) < 4.78 is 7.63. The number of benzene rings is 1. The van der Waals surface area contributed by atoms with Crippen LogP contribution in [0.4, 0.5) is 11.5 Å². The molecule has 3 heterocycles. The number of rotatable bonds is 3. The third-order valence-electron chi connectivity index (χ3n) is 3.81. The molecule has 0 radical (unpaired) electrons. The van der Waals surface area contributed by atoms with Crippen LogP contribution in [0.2, 0.25) is 10.0 Å². The molecule has 1 atom stereocenters. The van der Waals surface area contributed by atoms with Crippen molar-refractivity contribution in [3.05, 3.63) is 34.6 Å². The number of thiol groups is 1. The third-order valence-corrected chi connectivity index (χ3v) is 4.56. The maximum atomic E-state index is 6.22. The molecule has 0 saturated carbocycles. The van der Waals surface area contributed by atoms with Crippen LogP contribution < -0.4 is 5.32 Å². The summed E-state index contributed by atoms with van der Waals surface area (Å²) in [5, 5.41) is 4.58. The largest absolute Gasteiger partial charge is 0.358 e. The first kappa shape index (κ1) is 16.0. The van der Waals surface area contributed by atoms with Crippen LogP contribution in [0.5, 0.6) is 0 Å². The molecule has 0 amide bonds. The molecule has 1 aliphatic rings. The van der Waals surface area contributed by atoms with Crippen LogP contribution in [0.1, 0.15) is 19.1 Å². The van der Waals surface area contributed by atoms with E-state index in [1.54, 1.807) is 24.5 Å². The van der Waals surface area contributed by atoms with Crippen molar-refractivity contribution < 1.29 is 4.74 Å². The van der Waals surface area contributed by atoms with E-state index in [2.05, 4.69) is 32.9 Å². The van der Waals surface area contributed by atoms with Gasteiger partial charge in [-0.05, 0) is 31.0 Å². The molecule has 4 rings (SSSR count). The molecule has 1 aliphatic heterocycles. The van der Waals surface area contributed by atoms with Crippen molar-refractivity contribution in [2.24, 2.45) is 0 Å². The van der Waals surface area contributed by atoms with Gasteiger partial charge in [-0.25, -0.2) is 15.0 Å². The van der Waals surface area contributed by atoms with Gasteiger partial charge in [0, 0.05) is 11.6 Å². The molecule has 1 unspecified atom stereocenters. The van der Waals surface area contributed by atoms with Crippen molar-refractivity contribution in [3.63, 3.8) is 0 Å². The highest BCUT2D eigenvalue weighted by molar-refractivity contribution is 7.80. The number of ether oxygens (including phenoxy) is 1. The minimum Gasteiger partial charge on any atom is -0.358 e. The van der Waals surface area contributed by atoms with E-state index in [4.69, 9.17) is 27.9 Å². The van der Waals surface area contributed by atoms with Crippen molar-refractivity contribution in [3.8, 4) is 0 Å². The number of nitrogens with zero attached hydrogens (tertiary/aromatic N) is 4. The van der Waals surface area contributed by atoms with Gasteiger partial charge >= 0.3 is 0 Å². The van der Waals surface area contributed by atoms with Crippen molar-refractivity contribution >= 4 is 58.5 Å². The lowest BCUT2D eigenvalue weighted by atomic mass is 10.3. The van der Waals surface area contributed by atoms with Gasteiger partial charge in [-0.3, -0.25) is 4.57 Å². The average Bonchev–Trinajstić information content (AvgIpc) is 3.18. The second-order valence-electron chi connectivity index (χ2n) is 5.41. The molecule has 0 aliphatic carbocycles. The lowest BCUT2D eigenvalue weighted by Crippen LogP contribution is -2.07. The van der Waals surface area contributed by atoms with E-state index < -0.39 is 0 Å². The summed E-state index contributed by atoms with van der Waals surface area (Å²) in [5.41, 5.74) is 1.99. The molecular weight excluding hydrogens is 369 g/mol. The van der Waals surface area contributed by atoms with E-state index >= 15 is 0 Å². The summed E-state index contributed by atoms with van der Waals surface area (Å²) in [5.74, 6) is 0.533. The summed E-state index contributed by atoms with van der Waals surface area (Å²) in [7, 11) is 0. The Hall–Kier alpha value is -1.54. The quantitative estimate of drug-likeness (QED) is 0.517. The van der Waals surface area contributed by atoms with E-state index in [1.807, 2.05) is 4.57 Å². The van der Waals surface area contributed by atoms with Gasteiger partial charge in [0.2, 0.25) is 0 Å². The Morgan fingerprint density at radius 3 is 2.92 bits per heavy atom. The molecule has 24 heavy (non-hydrogen) atoms. The summed E-state index contributed by atoms with van der Waals surface area (Å²) >= 11 is 16.5. The van der Waals surface area contributed by atoms with E-state index in [0.29, 0.717) is 37.9 Å². The Balaban J connectivity index is 1.77. The highest BCUT2D eigenvalue weighted by atomic mass is 35.5. The van der Waals surface area contributed by atoms with Gasteiger partial charge in [0.1, 0.15) is 6.23 Å². The Labute approximate surface area is 153 Å². The highest BCUT2D eigenvalue weighted by Crippen LogP contribution is 2.32. The molecule has 0 spiro atoms. The standard InChI is InChI=1S/C15H13Cl2N5OS/c16-8-3-4-10(9(17)6-8)19-13-12-14(21-15(24)20-13)22(7-18-12)11-2-1-5-23-11/h3-4,6-7,11H,1-2,5H2,(H2,19,20,21,24). The predicted octanol–water partition coefficient (Wildman–Crippen LogP) is 4.47. The second kappa shape index (κ2) is 6.40. The molecule has 1 N–H and O–H groups in total. The molecule has 6 nitrogen and oxygen atoms in total. The van der Waals surface area contributed by atoms with E-state index in [9.17, 15) is 0 Å². The number of hydrogen-bond donors (Lipinski definition) is 2. The third kappa shape index (κ3) is 2.93. The van der Waals surface area contributed by atoms with Crippen molar-refractivity contribution in [2.75, 3.05) is 11.9 Å². The van der Waals surface area contributed by atoms with Gasteiger partial charge in [-0.15, -0.1) is 12.6 Å². The van der Waals surface area contributed by atoms with Crippen molar-refractivity contribution in [1.29, 1.82) is 0 Å². The number of halogens is 2. The molecule has 1 aromatic carbocycles. The zero-order valence-electron chi connectivity index (χ0n) is 12.4. The van der Waals surface area contributed by atoms with E-state index in [0.717, 1.165) is 19.4 Å². The van der Waals surface area contributed by atoms with Crippen LogP contribution in [-0.4, -0.2) is 26.1 Å². The monoisotopic (exact) mass is 381 g/mol. The lowest BCUT2D eigenvalue weighted by Gasteiger charge is -2.12. The fourth-order valence-electron chi connectivity index (χ4n) is 2.70. The van der Waals surface area contributed by atoms with Gasteiger partial charge in [-0.1, -0.05) is 23.2 Å². The van der Waals surface area contributed by atoms with Crippen molar-refractivity contribution in [1.82, 2.24) is 19.5 Å². The maximum absolute atomic E-state index is 6.22. The van der Waals surface area contributed by atoms with Gasteiger partial charge < -0.3 is 10.1 Å². The normalized spacial score (nSPS) is 17.5. The number of anilines is 2. The zero-order valence-corrected chi connectivity index (χ0v) is 14.8. The number of nitrogens with one attached hydrogen (secondary N) is 1. The molecule has 3 aromatic rings. The summed E-state index contributed by atoms with van der Waals surface area (Å²) in [6.45, 7) is 0.745. The smallest absolute Gasteiger partial charge is 0.188 e. The molecule has 1 fully saturated rings. The first-order valence-electron chi connectivity index (χ1n) is 7.39. The Kier molecular flexibility index (Phi) is 4.26. The Morgan fingerprint density at radius 1 is 1.29 bits per heavy atom. The summed E-state index contributed by atoms with van der Waals surface area (Å²) in [4.78, 5) is 13.2. The maximum Gasteiger partial charge on any atom is 0.188 e. The minimum atomic E-state index is -0.0513. The van der Waals surface area contributed by atoms with Crippen LogP contribution in [0.15, 0.2) is 29.7 Å². The molecule has 9 heteroatoms. The first-order valence-corrected chi connectivity index (χ1v) is 8.59. The summed E-state index contributed by atoms with van der Waals surface area (Å²) in [6.07, 6.45) is 3.62. The predicted molar refractivity (Wildman–Crippen MR) is 96.5 cm³/mol. The van der Waals surface area contributed by atoms with Gasteiger partial charge in [0.05, 0.1) is 17.0 Å². The van der Waals surface area contributed by atoms with Crippen LogP contribution in [0.3, 0.4) is 0 Å². The van der Waals surface area contributed by atoms with Gasteiger partial charge in [0.25, 0.3) is 0 Å². The zero-order chi connectivity index (χ0) is 16.7. The van der Waals surface area contributed by atoms with Gasteiger partial charge in [0.15, 0.2) is 22.1 Å². The SMILES string of the molecule is Sc1nc(Nc2ccc(Cl)cc2Cl)c2ncn(C3CCCO3)c2n1. The number of imidazole rings is 1. The highest BCUT2D eigenvalue weighted by Gasteiger charge is 2.22. The lowest BCUT2D eigenvalue weighted by molar-refractivity contribution is 0.0592. The van der Waals surface area contributed by atoms with Crippen LogP contribution >= 0.6 is 35.8 Å². The molecule has 0 bridgehead atoms. The number of aromatic nitrogens is 4. The van der Waals surface area contributed by atoms with Crippen molar-refractivity contribution in [2.45, 2.75) is 24.2 Å². The fraction of sp³-hybridized carbons (Fsp3) is 0.267. The molecule has 124 valence electrons. The molecule has 1 saturated heterocycles. The topological polar surface area (TPSA) is 64.9 Å². The van der Waals surface area contributed by atoms with Gasteiger partial charge in [-0.2, -0.15) is 0 Å². The second-order valence-corrected chi connectivity index (χ2v) is 6.66. The average molecular weight is 382 g/mol. The fourth-order valence-corrected chi connectivity index (χ4v) is 3.35. The van der Waals surface area contributed by atoms with E-state index in [1.165, 1.54) is 0 Å². The number of fused-ring (bicyclic) bond motifs is 1. The number of hydrogen-bond acceptors (Lipinski definition) is 6. The Bertz CT molecular complexity index is 910. The van der Waals surface area contributed by atoms with E-state index in [-0.39, 0.29) is 6.23 Å². The van der Waals surface area contributed by atoms with Crippen LogP contribution in [0, 0.1) is 0 Å².